The highest BCUT2D eigenvalue weighted by molar-refractivity contribution is 7.89. The zero-order valence-electron chi connectivity index (χ0n) is 14.7. The van der Waals surface area contributed by atoms with Gasteiger partial charge in [0.1, 0.15) is 5.75 Å². The van der Waals surface area contributed by atoms with Crippen molar-refractivity contribution in [2.45, 2.75) is 24.3 Å². The summed E-state index contributed by atoms with van der Waals surface area (Å²) in [6.07, 6.45) is 0.545. The van der Waals surface area contributed by atoms with Gasteiger partial charge in [0, 0.05) is 6.04 Å². The molecule has 0 bridgehead atoms. The van der Waals surface area contributed by atoms with Crippen LogP contribution in [0.2, 0.25) is 5.02 Å². The summed E-state index contributed by atoms with van der Waals surface area (Å²) >= 11 is 5.95. The molecular formula is C18H20ClNO5S. The van der Waals surface area contributed by atoms with Crippen LogP contribution in [0.1, 0.15) is 35.3 Å². The van der Waals surface area contributed by atoms with Crippen LogP contribution in [0.4, 0.5) is 0 Å². The molecular weight excluding hydrogens is 378 g/mol. The quantitative estimate of drug-likeness (QED) is 0.722. The Morgan fingerprint density at radius 1 is 1.15 bits per heavy atom. The normalized spacial score (nSPS) is 12.5. The molecule has 8 heteroatoms. The average Bonchev–Trinajstić information content (AvgIpc) is 2.65. The zero-order valence-corrected chi connectivity index (χ0v) is 16.2. The van der Waals surface area contributed by atoms with Crippen molar-refractivity contribution >= 4 is 27.6 Å². The Morgan fingerprint density at radius 3 is 2.35 bits per heavy atom. The van der Waals surface area contributed by atoms with Gasteiger partial charge in [0.05, 0.1) is 29.7 Å². The third-order valence-electron chi connectivity index (χ3n) is 3.88. The van der Waals surface area contributed by atoms with Gasteiger partial charge in [0.25, 0.3) is 0 Å². The lowest BCUT2D eigenvalue weighted by atomic mass is 10.1. The van der Waals surface area contributed by atoms with Crippen molar-refractivity contribution in [1.82, 2.24) is 4.72 Å². The fraction of sp³-hybridized carbons (Fsp3) is 0.278. The monoisotopic (exact) mass is 397 g/mol. The van der Waals surface area contributed by atoms with Gasteiger partial charge in [-0.2, -0.15) is 0 Å². The molecule has 0 spiro atoms. The minimum atomic E-state index is -3.86. The summed E-state index contributed by atoms with van der Waals surface area (Å²) in [6, 6.07) is 10.6. The molecule has 0 heterocycles. The highest BCUT2D eigenvalue weighted by Crippen LogP contribution is 2.25. The number of benzene rings is 2. The maximum Gasteiger partial charge on any atom is 0.339 e. The highest BCUT2D eigenvalue weighted by atomic mass is 35.5. The van der Waals surface area contributed by atoms with E-state index in [2.05, 4.69) is 9.46 Å². The second-order valence-electron chi connectivity index (χ2n) is 5.49. The summed E-state index contributed by atoms with van der Waals surface area (Å²) in [7, 11) is -1.10. The lowest BCUT2D eigenvalue weighted by Crippen LogP contribution is -2.28. The summed E-state index contributed by atoms with van der Waals surface area (Å²) in [6.45, 7) is 1.87. The maximum absolute atomic E-state index is 12.7. The van der Waals surface area contributed by atoms with Gasteiger partial charge in [-0.1, -0.05) is 30.7 Å². The molecule has 0 radical (unpaired) electrons. The molecule has 2 rings (SSSR count). The third kappa shape index (κ3) is 4.55. The number of ether oxygens (including phenoxy) is 2. The second-order valence-corrected chi connectivity index (χ2v) is 7.61. The average molecular weight is 398 g/mol. The molecule has 0 saturated carbocycles. The van der Waals surface area contributed by atoms with Crippen molar-refractivity contribution in [3.8, 4) is 5.75 Å². The van der Waals surface area contributed by atoms with E-state index >= 15 is 0 Å². The van der Waals surface area contributed by atoms with Crippen molar-refractivity contribution in [3.63, 3.8) is 0 Å². The van der Waals surface area contributed by atoms with Crippen LogP contribution >= 0.6 is 11.6 Å². The molecule has 0 amide bonds. The van der Waals surface area contributed by atoms with Crippen LogP contribution in [0.25, 0.3) is 0 Å². The fourth-order valence-corrected chi connectivity index (χ4v) is 3.94. The van der Waals surface area contributed by atoms with Crippen LogP contribution in [0.15, 0.2) is 47.4 Å². The lowest BCUT2D eigenvalue weighted by molar-refractivity contribution is 0.0600. The Balaban J connectivity index is 2.32. The molecule has 6 nitrogen and oxygen atoms in total. The first-order valence-corrected chi connectivity index (χ1v) is 9.72. The van der Waals surface area contributed by atoms with Crippen LogP contribution in [0.5, 0.6) is 5.75 Å². The van der Waals surface area contributed by atoms with Crippen LogP contribution in [0, 0.1) is 0 Å². The zero-order chi connectivity index (χ0) is 19.3. The standard InChI is InChI=1S/C18H20ClNO5S/c1-4-17(12-5-7-13(24-2)8-6-12)20-26(22,23)14-9-10-16(19)15(11-14)18(21)25-3/h5-11,17,20H,4H2,1-3H3/t17-/m0/s1. The molecule has 0 aliphatic heterocycles. The number of hydrogen-bond acceptors (Lipinski definition) is 5. The van der Waals surface area contributed by atoms with Crippen molar-refractivity contribution in [2.75, 3.05) is 14.2 Å². The predicted octanol–water partition coefficient (Wildman–Crippen LogP) is 3.56. The second kappa shape index (κ2) is 8.53. The Hall–Kier alpha value is -2.09. The third-order valence-corrected chi connectivity index (χ3v) is 5.68. The van der Waals surface area contributed by atoms with E-state index in [0.29, 0.717) is 12.2 Å². The van der Waals surface area contributed by atoms with Crippen LogP contribution in [0.3, 0.4) is 0 Å². The van der Waals surface area contributed by atoms with E-state index in [1.165, 1.54) is 25.3 Å². The van der Waals surface area contributed by atoms with Gasteiger partial charge in [-0.25, -0.2) is 17.9 Å². The summed E-state index contributed by atoms with van der Waals surface area (Å²) in [4.78, 5) is 11.7. The van der Waals surface area contributed by atoms with Crippen molar-refractivity contribution in [1.29, 1.82) is 0 Å². The minimum absolute atomic E-state index is 0.00506. The van der Waals surface area contributed by atoms with E-state index in [-0.39, 0.29) is 15.5 Å². The molecule has 1 atom stereocenters. The fourth-order valence-electron chi connectivity index (χ4n) is 2.42. The molecule has 140 valence electrons. The molecule has 0 unspecified atom stereocenters. The van der Waals surface area contributed by atoms with E-state index in [0.717, 1.165) is 5.56 Å². The number of methoxy groups -OCH3 is 2. The Kier molecular flexibility index (Phi) is 6.63. The number of carbonyl (C=O) groups excluding carboxylic acids is 1. The van der Waals surface area contributed by atoms with Crippen LogP contribution in [-0.4, -0.2) is 28.6 Å². The molecule has 0 fully saturated rings. The first-order valence-electron chi connectivity index (χ1n) is 7.86. The SMILES string of the molecule is CC[C@H](NS(=O)(=O)c1ccc(Cl)c(C(=O)OC)c1)c1ccc(OC)cc1. The molecule has 26 heavy (non-hydrogen) atoms. The van der Waals surface area contributed by atoms with Gasteiger partial charge < -0.3 is 9.47 Å². The van der Waals surface area contributed by atoms with Gasteiger partial charge in [0.15, 0.2) is 0 Å². The van der Waals surface area contributed by atoms with Gasteiger partial charge >= 0.3 is 5.97 Å². The summed E-state index contributed by atoms with van der Waals surface area (Å²) < 4.78 is 37.9. The topological polar surface area (TPSA) is 81.7 Å². The van der Waals surface area contributed by atoms with Gasteiger partial charge in [-0.3, -0.25) is 0 Å². The largest absolute Gasteiger partial charge is 0.497 e. The first kappa shape index (κ1) is 20.2. The van der Waals surface area contributed by atoms with Crippen LogP contribution < -0.4 is 9.46 Å². The molecule has 0 saturated heterocycles. The van der Waals surface area contributed by atoms with Gasteiger partial charge in [-0.15, -0.1) is 0 Å². The van der Waals surface area contributed by atoms with Crippen LogP contribution in [-0.2, 0) is 14.8 Å². The van der Waals surface area contributed by atoms with Gasteiger partial charge in [-0.05, 0) is 42.3 Å². The molecule has 2 aromatic rings. The first-order chi connectivity index (χ1) is 12.3. The van der Waals surface area contributed by atoms with E-state index in [9.17, 15) is 13.2 Å². The van der Waals surface area contributed by atoms with Crippen molar-refractivity contribution in [2.24, 2.45) is 0 Å². The smallest absolute Gasteiger partial charge is 0.339 e. The summed E-state index contributed by atoms with van der Waals surface area (Å²) in [5.74, 6) is -0.0128. The molecule has 0 aromatic heterocycles. The van der Waals surface area contributed by atoms with E-state index < -0.39 is 22.0 Å². The Morgan fingerprint density at radius 2 is 1.81 bits per heavy atom. The molecule has 2 aromatic carbocycles. The Bertz CT molecular complexity index is 881. The lowest BCUT2D eigenvalue weighted by Gasteiger charge is -2.18. The maximum atomic E-state index is 12.7. The van der Waals surface area contributed by atoms with Crippen molar-refractivity contribution in [3.05, 3.63) is 58.6 Å². The number of carbonyl (C=O) groups is 1. The van der Waals surface area contributed by atoms with E-state index in [1.54, 1.807) is 31.4 Å². The Labute approximate surface area is 158 Å². The minimum Gasteiger partial charge on any atom is -0.497 e. The number of rotatable bonds is 7. The van der Waals surface area contributed by atoms with E-state index in [1.807, 2.05) is 6.92 Å². The number of sulfonamides is 1. The molecule has 0 aliphatic rings. The van der Waals surface area contributed by atoms with Crippen molar-refractivity contribution < 1.29 is 22.7 Å². The molecule has 1 N–H and O–H groups in total. The van der Waals surface area contributed by atoms with E-state index in [4.69, 9.17) is 16.3 Å². The molecule has 0 aliphatic carbocycles. The van der Waals surface area contributed by atoms with Gasteiger partial charge in [0.2, 0.25) is 10.0 Å². The number of esters is 1. The number of nitrogens with one attached hydrogen (secondary N) is 1. The number of halogens is 1. The summed E-state index contributed by atoms with van der Waals surface area (Å²) in [5.41, 5.74) is 0.800. The summed E-state index contributed by atoms with van der Waals surface area (Å²) in [5, 5.41) is 0.123. The predicted molar refractivity (Wildman–Crippen MR) is 99.1 cm³/mol. The number of hydrogen-bond donors (Lipinski definition) is 1. The highest BCUT2D eigenvalue weighted by Gasteiger charge is 2.23.